The lowest BCUT2D eigenvalue weighted by Gasteiger charge is -1.85. The molecule has 1 rings (SSSR count). The molecule has 0 spiro atoms. The Bertz CT molecular complexity index is 210. The highest BCUT2D eigenvalue weighted by Crippen LogP contribution is 2.41. The summed E-state index contributed by atoms with van der Waals surface area (Å²) in [7, 11) is 0. The Morgan fingerprint density at radius 2 is 1.33 bits per heavy atom. The van der Waals surface area contributed by atoms with Crippen LogP contribution in [0.15, 0.2) is 0 Å². The topological polar surface area (TPSA) is 40.5 Å². The molecule has 0 atom stereocenters. The highest BCUT2D eigenvalue weighted by Gasteiger charge is 2.11. The Labute approximate surface area is 83.2 Å². The van der Waals surface area contributed by atoms with E-state index in [4.69, 9.17) is 10.2 Å². The first-order valence-electron chi connectivity index (χ1n) is 1.98. The van der Waals surface area contributed by atoms with Gasteiger partial charge in [-0.2, -0.15) is 0 Å². The monoisotopic (exact) mass is 368 g/mol. The van der Waals surface area contributed by atoms with Crippen molar-refractivity contribution < 1.29 is 10.2 Å². The minimum atomic E-state index is 0.00463. The van der Waals surface area contributed by atoms with Gasteiger partial charge in [0.25, 0.3) is 0 Å². The first-order chi connectivity index (χ1) is 4.13. The average Bonchev–Trinajstić information content (AvgIpc) is 1.98. The molecule has 0 saturated carbocycles. The predicted molar refractivity (Wildman–Crippen MR) is 53.1 cm³/mol. The van der Waals surface area contributed by atoms with E-state index in [0.717, 1.165) is 5.77 Å². The van der Waals surface area contributed by atoms with E-state index in [1.807, 2.05) is 45.2 Å². The summed E-state index contributed by atoms with van der Waals surface area (Å²) >= 11 is 5.32. The minimum absolute atomic E-state index is 0.00463. The summed E-state index contributed by atoms with van der Waals surface area (Å²) in [6, 6.07) is 0. The van der Waals surface area contributed by atoms with Crippen LogP contribution in [0.4, 0.5) is 0 Å². The third-order valence-electron chi connectivity index (χ3n) is 0.776. The Balaban J connectivity index is 3.29. The van der Waals surface area contributed by atoms with Gasteiger partial charge in [0.1, 0.15) is 5.77 Å². The van der Waals surface area contributed by atoms with Crippen molar-refractivity contribution in [1.29, 1.82) is 0 Å². The third-order valence-corrected chi connectivity index (χ3v) is 3.86. The van der Waals surface area contributed by atoms with Crippen molar-refractivity contribution in [2.45, 2.75) is 0 Å². The molecule has 0 fully saturated rings. The SMILES string of the molecule is Oc1c(I)sc(I)c1O. The molecule has 1 heterocycles. The van der Waals surface area contributed by atoms with E-state index in [-0.39, 0.29) is 11.5 Å². The number of halogens is 2. The summed E-state index contributed by atoms with van der Waals surface area (Å²) in [5.74, 6) is 0.00926. The molecule has 50 valence electrons. The van der Waals surface area contributed by atoms with Crippen molar-refractivity contribution >= 4 is 56.5 Å². The summed E-state index contributed by atoms with van der Waals surface area (Å²) in [6.07, 6.45) is 0. The van der Waals surface area contributed by atoms with E-state index in [9.17, 15) is 0 Å². The molecule has 9 heavy (non-hydrogen) atoms. The van der Waals surface area contributed by atoms with Gasteiger partial charge in [0, 0.05) is 0 Å². The van der Waals surface area contributed by atoms with Gasteiger partial charge in [0.2, 0.25) is 0 Å². The number of thiophene rings is 1. The van der Waals surface area contributed by atoms with E-state index in [1.54, 1.807) is 0 Å². The van der Waals surface area contributed by atoms with Crippen LogP contribution in [0.25, 0.3) is 0 Å². The Morgan fingerprint density at radius 3 is 1.44 bits per heavy atom. The van der Waals surface area contributed by atoms with Crippen LogP contribution in [0, 0.1) is 5.77 Å². The molecule has 5 heteroatoms. The molecule has 0 radical (unpaired) electrons. The van der Waals surface area contributed by atoms with Crippen molar-refractivity contribution in [1.82, 2.24) is 0 Å². The molecular weight excluding hydrogens is 366 g/mol. The van der Waals surface area contributed by atoms with Gasteiger partial charge in [0.15, 0.2) is 11.5 Å². The van der Waals surface area contributed by atoms with Crippen LogP contribution in [0.5, 0.6) is 11.5 Å². The van der Waals surface area contributed by atoms with Gasteiger partial charge in [-0.1, -0.05) is 0 Å². The number of hydrogen-bond acceptors (Lipinski definition) is 3. The van der Waals surface area contributed by atoms with Gasteiger partial charge in [0.05, 0.1) is 0 Å². The standard InChI is InChI=1S/C4H2I2O2S/c5-3-1(7)2(8)4(6)9-3/h7-8H. The number of hydrogen-bond donors (Lipinski definition) is 2. The van der Waals surface area contributed by atoms with Crippen molar-refractivity contribution in [3.63, 3.8) is 0 Å². The lowest BCUT2D eigenvalue weighted by molar-refractivity contribution is 0.403. The van der Waals surface area contributed by atoms with Crippen LogP contribution in [0.1, 0.15) is 0 Å². The Morgan fingerprint density at radius 1 is 1.00 bits per heavy atom. The molecule has 0 aromatic carbocycles. The fourth-order valence-electron chi connectivity index (χ4n) is 0.362. The van der Waals surface area contributed by atoms with Crippen LogP contribution in [0.3, 0.4) is 0 Å². The molecule has 0 unspecified atom stereocenters. The normalized spacial score (nSPS) is 10.0. The summed E-state index contributed by atoms with van der Waals surface area (Å²) < 4.78 is 1.46. The third kappa shape index (κ3) is 1.43. The second kappa shape index (κ2) is 2.79. The molecule has 1 aromatic rings. The molecule has 1 aromatic heterocycles. The van der Waals surface area contributed by atoms with Gasteiger partial charge in [-0.05, 0) is 45.2 Å². The second-order valence-electron chi connectivity index (χ2n) is 1.35. The van der Waals surface area contributed by atoms with Crippen LogP contribution < -0.4 is 0 Å². The maximum absolute atomic E-state index is 8.98. The van der Waals surface area contributed by atoms with Crippen molar-refractivity contribution in [2.75, 3.05) is 0 Å². The molecule has 0 aliphatic rings. The molecule has 0 aliphatic carbocycles. The maximum atomic E-state index is 8.98. The van der Waals surface area contributed by atoms with E-state index in [0.29, 0.717) is 0 Å². The highest BCUT2D eigenvalue weighted by molar-refractivity contribution is 14.1. The first kappa shape index (κ1) is 7.86. The summed E-state index contributed by atoms with van der Waals surface area (Å²) in [4.78, 5) is 0. The maximum Gasteiger partial charge on any atom is 0.183 e. The molecule has 0 bridgehead atoms. The Kier molecular flexibility index (Phi) is 2.43. The minimum Gasteiger partial charge on any atom is -0.503 e. The van der Waals surface area contributed by atoms with E-state index >= 15 is 0 Å². The zero-order chi connectivity index (χ0) is 7.02. The smallest absolute Gasteiger partial charge is 0.183 e. The average molecular weight is 368 g/mol. The van der Waals surface area contributed by atoms with Crippen molar-refractivity contribution in [3.8, 4) is 11.5 Å². The number of aromatic hydroxyl groups is 2. The fraction of sp³-hybridized carbons (Fsp3) is 0. The Hall–Kier alpha value is 0.760. The van der Waals surface area contributed by atoms with E-state index in [2.05, 4.69) is 0 Å². The quantitative estimate of drug-likeness (QED) is 0.691. The molecular formula is C4H2I2O2S. The van der Waals surface area contributed by atoms with Crippen LogP contribution in [-0.4, -0.2) is 10.2 Å². The van der Waals surface area contributed by atoms with Gasteiger partial charge >= 0.3 is 0 Å². The van der Waals surface area contributed by atoms with E-state index < -0.39 is 0 Å². The second-order valence-corrected chi connectivity index (χ2v) is 5.99. The zero-order valence-corrected chi connectivity index (χ0v) is 9.19. The van der Waals surface area contributed by atoms with Crippen LogP contribution >= 0.6 is 56.5 Å². The van der Waals surface area contributed by atoms with Crippen LogP contribution in [0.2, 0.25) is 0 Å². The van der Waals surface area contributed by atoms with E-state index in [1.165, 1.54) is 11.3 Å². The lowest BCUT2D eigenvalue weighted by atomic mass is 10.6. The van der Waals surface area contributed by atoms with Crippen LogP contribution in [-0.2, 0) is 0 Å². The molecule has 2 N–H and O–H groups in total. The van der Waals surface area contributed by atoms with Gasteiger partial charge in [-0.3, -0.25) is 0 Å². The van der Waals surface area contributed by atoms with Crippen molar-refractivity contribution in [3.05, 3.63) is 5.77 Å². The lowest BCUT2D eigenvalue weighted by Crippen LogP contribution is -1.60. The molecule has 0 aliphatic heterocycles. The molecule has 0 saturated heterocycles. The van der Waals surface area contributed by atoms with Crippen molar-refractivity contribution in [2.24, 2.45) is 0 Å². The summed E-state index contributed by atoms with van der Waals surface area (Å²) in [5, 5.41) is 18.0. The highest BCUT2D eigenvalue weighted by atomic mass is 127. The van der Waals surface area contributed by atoms with Gasteiger partial charge in [-0.15, -0.1) is 11.3 Å². The fourth-order valence-corrected chi connectivity index (χ4v) is 4.00. The zero-order valence-electron chi connectivity index (χ0n) is 4.06. The van der Waals surface area contributed by atoms with Gasteiger partial charge in [-0.25, -0.2) is 0 Å². The number of rotatable bonds is 0. The summed E-state index contributed by atoms with van der Waals surface area (Å²) in [5.41, 5.74) is 0. The van der Waals surface area contributed by atoms with Gasteiger partial charge < -0.3 is 10.2 Å². The first-order valence-corrected chi connectivity index (χ1v) is 4.96. The largest absolute Gasteiger partial charge is 0.503 e. The molecule has 0 amide bonds. The summed E-state index contributed by atoms with van der Waals surface area (Å²) in [6.45, 7) is 0. The predicted octanol–water partition coefficient (Wildman–Crippen LogP) is 2.37. The molecule has 2 nitrogen and oxygen atoms in total.